The summed E-state index contributed by atoms with van der Waals surface area (Å²) in [6, 6.07) is 2.87. The molecule has 0 radical (unpaired) electrons. The molecule has 0 saturated carbocycles. The Bertz CT molecular complexity index is 194. The lowest BCUT2D eigenvalue weighted by Gasteiger charge is -1.75. The summed E-state index contributed by atoms with van der Waals surface area (Å²) in [4.78, 5) is 9.62. The lowest BCUT2D eigenvalue weighted by Crippen LogP contribution is -1.74. The highest BCUT2D eigenvalue weighted by molar-refractivity contribution is 5.34. The Morgan fingerprint density at radius 3 is 2.62 bits per heavy atom. The van der Waals surface area contributed by atoms with Crippen molar-refractivity contribution in [3.63, 3.8) is 0 Å². The van der Waals surface area contributed by atoms with Crippen molar-refractivity contribution < 1.29 is 4.42 Å². The number of nitrogens with zero attached hydrogens (tertiary/aromatic N) is 1. The fourth-order valence-electron chi connectivity index (χ4n) is 0.391. The average Bonchev–Trinajstić information content (AvgIpc) is 2.14. The minimum Gasteiger partial charge on any atom is -0.420 e. The van der Waals surface area contributed by atoms with Gasteiger partial charge in [-0.2, -0.15) is 0 Å². The zero-order valence-corrected chi connectivity index (χ0v) is 4.00. The Morgan fingerprint density at radius 2 is 2.38 bits per heavy atom. The molecule has 1 rings (SSSR count). The zero-order chi connectivity index (χ0) is 5.98. The number of nitrogens with two attached hydrogens (primary N) is 1. The molecule has 1 aromatic rings. The number of anilines is 1. The molecule has 1 aromatic heterocycles. The third-order valence-corrected chi connectivity index (χ3v) is 0.703. The standard InChI is InChI=1S/C4H4N2O2/c5-3-1-2-4(6-7)8-3/h1-2H,5H2. The van der Waals surface area contributed by atoms with E-state index >= 15 is 0 Å². The van der Waals surface area contributed by atoms with Gasteiger partial charge in [-0.15, -0.1) is 4.91 Å². The van der Waals surface area contributed by atoms with E-state index in [4.69, 9.17) is 5.73 Å². The predicted octanol–water partition coefficient (Wildman–Crippen LogP) is 1.26. The van der Waals surface area contributed by atoms with Gasteiger partial charge >= 0.3 is 0 Å². The van der Waals surface area contributed by atoms with Gasteiger partial charge in [0.1, 0.15) is 0 Å². The molecule has 0 aromatic carbocycles. The van der Waals surface area contributed by atoms with E-state index in [0.717, 1.165) is 0 Å². The summed E-state index contributed by atoms with van der Waals surface area (Å²) < 4.78 is 4.53. The molecule has 0 fully saturated rings. The molecule has 0 unspecified atom stereocenters. The van der Waals surface area contributed by atoms with Crippen LogP contribution >= 0.6 is 0 Å². The Morgan fingerprint density at radius 1 is 1.62 bits per heavy atom. The van der Waals surface area contributed by atoms with Crippen LogP contribution in [-0.2, 0) is 0 Å². The van der Waals surface area contributed by atoms with Gasteiger partial charge in [0.2, 0.25) is 0 Å². The van der Waals surface area contributed by atoms with Crippen LogP contribution in [0.1, 0.15) is 0 Å². The summed E-state index contributed by atoms with van der Waals surface area (Å²) in [6.07, 6.45) is 0. The van der Waals surface area contributed by atoms with Gasteiger partial charge in [0.05, 0.1) is 0 Å². The van der Waals surface area contributed by atoms with Crippen molar-refractivity contribution in [1.29, 1.82) is 0 Å². The van der Waals surface area contributed by atoms with Crippen LogP contribution in [0.25, 0.3) is 0 Å². The van der Waals surface area contributed by atoms with E-state index in [1.807, 2.05) is 0 Å². The summed E-state index contributed by atoms with van der Waals surface area (Å²) in [5.74, 6) is 0.224. The molecule has 4 nitrogen and oxygen atoms in total. The van der Waals surface area contributed by atoms with Gasteiger partial charge in [0.25, 0.3) is 5.88 Å². The number of hydrogen-bond donors (Lipinski definition) is 1. The minimum atomic E-state index is 0.0162. The SMILES string of the molecule is Nc1ccc(N=O)o1. The van der Waals surface area contributed by atoms with Crippen molar-refractivity contribution in [2.45, 2.75) is 0 Å². The Hall–Kier alpha value is -1.32. The van der Waals surface area contributed by atoms with Crippen molar-refractivity contribution in [1.82, 2.24) is 0 Å². The van der Waals surface area contributed by atoms with Crippen molar-refractivity contribution in [2.75, 3.05) is 5.73 Å². The molecule has 1 heterocycles. The lowest BCUT2D eigenvalue weighted by atomic mass is 10.6. The van der Waals surface area contributed by atoms with E-state index in [9.17, 15) is 4.91 Å². The zero-order valence-electron chi connectivity index (χ0n) is 4.00. The molecule has 0 amide bonds. The second-order valence-corrected chi connectivity index (χ2v) is 1.27. The van der Waals surface area contributed by atoms with E-state index in [1.54, 1.807) is 0 Å². The average molecular weight is 112 g/mol. The van der Waals surface area contributed by atoms with Crippen LogP contribution in [0.2, 0.25) is 0 Å². The maximum absolute atomic E-state index is 9.62. The van der Waals surface area contributed by atoms with Gasteiger partial charge in [-0.1, -0.05) is 0 Å². The highest BCUT2D eigenvalue weighted by atomic mass is 16.4. The first-order valence-corrected chi connectivity index (χ1v) is 2.01. The number of furan rings is 1. The second-order valence-electron chi connectivity index (χ2n) is 1.27. The molecule has 42 valence electrons. The molecule has 8 heavy (non-hydrogen) atoms. The van der Waals surface area contributed by atoms with Crippen LogP contribution in [0.4, 0.5) is 11.8 Å². The fraction of sp³-hybridized carbons (Fsp3) is 0. The van der Waals surface area contributed by atoms with E-state index < -0.39 is 0 Å². The first kappa shape index (κ1) is 4.83. The Labute approximate surface area is 45.3 Å². The van der Waals surface area contributed by atoms with Crippen LogP contribution < -0.4 is 5.73 Å². The molecule has 0 spiro atoms. The number of rotatable bonds is 1. The number of hydrogen-bond acceptors (Lipinski definition) is 4. The normalized spacial score (nSPS) is 9.00. The van der Waals surface area contributed by atoms with Crippen LogP contribution in [0.3, 0.4) is 0 Å². The van der Waals surface area contributed by atoms with E-state index in [-0.39, 0.29) is 11.8 Å². The molecule has 0 bridgehead atoms. The van der Waals surface area contributed by atoms with Crippen LogP contribution in [0, 0.1) is 4.91 Å². The van der Waals surface area contributed by atoms with Gasteiger partial charge in [-0.3, -0.25) is 0 Å². The Kier molecular flexibility index (Phi) is 0.997. The molecular weight excluding hydrogens is 108 g/mol. The van der Waals surface area contributed by atoms with E-state index in [0.29, 0.717) is 0 Å². The first-order chi connectivity index (χ1) is 3.83. The minimum absolute atomic E-state index is 0.0162. The second kappa shape index (κ2) is 1.65. The van der Waals surface area contributed by atoms with Gasteiger partial charge in [0, 0.05) is 17.3 Å². The van der Waals surface area contributed by atoms with Crippen molar-refractivity contribution in [2.24, 2.45) is 5.18 Å². The maximum Gasteiger partial charge on any atom is 0.262 e. The van der Waals surface area contributed by atoms with Crippen LogP contribution in [-0.4, -0.2) is 0 Å². The van der Waals surface area contributed by atoms with E-state index in [1.165, 1.54) is 12.1 Å². The smallest absolute Gasteiger partial charge is 0.262 e. The van der Waals surface area contributed by atoms with Gasteiger partial charge in [-0.05, 0) is 0 Å². The van der Waals surface area contributed by atoms with Gasteiger partial charge in [0.15, 0.2) is 5.88 Å². The Balaban J connectivity index is 3.00. The first-order valence-electron chi connectivity index (χ1n) is 2.01. The molecule has 4 heteroatoms. The monoisotopic (exact) mass is 112 g/mol. The summed E-state index contributed by atoms with van der Waals surface area (Å²) in [7, 11) is 0. The quantitative estimate of drug-likeness (QED) is 0.556. The predicted molar refractivity (Wildman–Crippen MR) is 28.6 cm³/mol. The lowest BCUT2D eigenvalue weighted by molar-refractivity contribution is 0.597. The molecule has 0 atom stereocenters. The van der Waals surface area contributed by atoms with Crippen LogP contribution in [0.15, 0.2) is 21.7 Å². The summed E-state index contributed by atoms with van der Waals surface area (Å²) in [6.45, 7) is 0. The third-order valence-electron chi connectivity index (χ3n) is 0.703. The molecule has 0 aliphatic rings. The summed E-state index contributed by atoms with van der Waals surface area (Å²) >= 11 is 0. The maximum atomic E-state index is 9.62. The van der Waals surface area contributed by atoms with Crippen molar-refractivity contribution in [3.05, 3.63) is 17.0 Å². The molecule has 2 N–H and O–H groups in total. The highest BCUT2D eigenvalue weighted by Gasteiger charge is 1.93. The van der Waals surface area contributed by atoms with Crippen LogP contribution in [0.5, 0.6) is 0 Å². The molecule has 0 aliphatic carbocycles. The van der Waals surface area contributed by atoms with Gasteiger partial charge in [-0.25, -0.2) is 0 Å². The fourth-order valence-corrected chi connectivity index (χ4v) is 0.391. The number of nitrogen functional groups attached to an aromatic ring is 1. The van der Waals surface area contributed by atoms with Crippen molar-refractivity contribution in [3.8, 4) is 0 Å². The highest BCUT2D eigenvalue weighted by Crippen LogP contribution is 2.16. The third kappa shape index (κ3) is 0.676. The molecule has 0 saturated heterocycles. The largest absolute Gasteiger partial charge is 0.420 e. The molecule has 0 aliphatic heterocycles. The summed E-state index contributed by atoms with van der Waals surface area (Å²) in [5, 5.41) is 2.49. The van der Waals surface area contributed by atoms with Crippen molar-refractivity contribution >= 4 is 11.8 Å². The summed E-state index contributed by atoms with van der Waals surface area (Å²) in [5.41, 5.74) is 5.09. The number of nitroso groups, excluding NO2 is 1. The molecular formula is C4H4N2O2. The topological polar surface area (TPSA) is 68.6 Å². The van der Waals surface area contributed by atoms with Gasteiger partial charge < -0.3 is 10.2 Å². The van der Waals surface area contributed by atoms with E-state index in [2.05, 4.69) is 9.59 Å².